The third-order valence-corrected chi connectivity index (χ3v) is 9.41. The van der Waals surface area contributed by atoms with Crippen LogP contribution < -0.4 is 16.0 Å². The van der Waals surface area contributed by atoms with Gasteiger partial charge in [-0.05, 0) is 81.1 Å². The molecule has 2 fully saturated rings. The number of hydrogen-bond acceptors (Lipinski definition) is 6. The van der Waals surface area contributed by atoms with Gasteiger partial charge < -0.3 is 15.4 Å². The summed E-state index contributed by atoms with van der Waals surface area (Å²) in [5.74, 6) is 0.453. The molecule has 6 rings (SSSR count). The molecule has 1 amide bonds. The van der Waals surface area contributed by atoms with Gasteiger partial charge in [0.05, 0.1) is 17.6 Å². The molecule has 0 radical (unpaired) electrons. The number of dihydropyridines is 1. The predicted octanol–water partition coefficient (Wildman–Crippen LogP) is 3.82. The Bertz CT molecular complexity index is 1280. The number of nitrogens with one attached hydrogen (secondary N) is 3. The highest BCUT2D eigenvalue weighted by molar-refractivity contribution is 5.97. The van der Waals surface area contributed by atoms with Crippen LogP contribution in [0.1, 0.15) is 69.4 Å². The molecule has 3 N–H and O–H groups in total. The SMILES string of the molecule is CC12NC=C(OC3CCC4(CC3)C(=O)C(CC(=O)NC3(C#N)CCC3)Cc3ccccc34)C=C1C=CCN2. The molecule has 2 saturated carbocycles. The standard InChI is InChI=1S/C31H36N4O3/c1-29-23(7-4-15-33-29)18-25(19-34-29)38-24-9-13-31(14-10-24)26-8-3-2-6-21(26)16-22(28(31)37)17-27(36)35-30(20-32)11-5-12-30/h2-4,6-8,18-19,22,24,33-34H,5,9-17H2,1H3,(H,35,36). The number of Topliss-reactive ketones (excluding diaryl/α,β-unsaturated/α-hetero) is 1. The number of fused-ring (bicyclic) bond motifs is 3. The Hall–Kier alpha value is -3.37. The molecule has 0 aromatic heterocycles. The molecule has 0 bridgehead atoms. The van der Waals surface area contributed by atoms with Crippen LogP contribution in [0, 0.1) is 17.2 Å². The third kappa shape index (κ3) is 4.25. The summed E-state index contributed by atoms with van der Waals surface area (Å²) in [5, 5.41) is 19.4. The zero-order valence-corrected chi connectivity index (χ0v) is 22.0. The Morgan fingerprint density at radius 3 is 2.74 bits per heavy atom. The molecular weight excluding hydrogens is 476 g/mol. The third-order valence-electron chi connectivity index (χ3n) is 9.41. The van der Waals surface area contributed by atoms with E-state index in [0.717, 1.165) is 42.7 Å². The molecule has 1 spiro atoms. The second-order valence-electron chi connectivity index (χ2n) is 11.8. The van der Waals surface area contributed by atoms with Crippen molar-refractivity contribution >= 4 is 11.7 Å². The monoisotopic (exact) mass is 512 g/mol. The molecule has 2 heterocycles. The largest absolute Gasteiger partial charge is 0.489 e. The molecule has 2 atom stereocenters. The van der Waals surface area contributed by atoms with Crippen LogP contribution in [-0.4, -0.2) is 35.5 Å². The molecule has 7 heteroatoms. The molecule has 5 aliphatic rings. The molecule has 2 aliphatic heterocycles. The van der Waals surface area contributed by atoms with Crippen molar-refractivity contribution in [2.75, 3.05) is 6.54 Å². The van der Waals surface area contributed by atoms with Crippen molar-refractivity contribution in [3.05, 3.63) is 71.2 Å². The number of benzene rings is 1. The van der Waals surface area contributed by atoms with Gasteiger partial charge in [-0.2, -0.15) is 5.26 Å². The van der Waals surface area contributed by atoms with Gasteiger partial charge in [0.1, 0.15) is 22.7 Å². The number of carbonyl (C=O) groups excluding carboxylic acids is 2. The number of amides is 1. The lowest BCUT2D eigenvalue weighted by Crippen LogP contribution is -2.56. The van der Waals surface area contributed by atoms with Gasteiger partial charge in [-0.15, -0.1) is 0 Å². The van der Waals surface area contributed by atoms with Gasteiger partial charge in [-0.3, -0.25) is 14.9 Å². The molecule has 1 aromatic rings. The number of ketones is 1. The highest BCUT2D eigenvalue weighted by atomic mass is 16.5. The van der Waals surface area contributed by atoms with E-state index >= 15 is 0 Å². The Kier molecular flexibility index (Phi) is 6.19. The molecule has 0 saturated heterocycles. The number of allylic oxidation sites excluding steroid dienone is 1. The topological polar surface area (TPSA) is 103 Å². The van der Waals surface area contributed by atoms with E-state index in [2.05, 4.69) is 59.3 Å². The normalized spacial score (nSPS) is 32.9. The van der Waals surface area contributed by atoms with Gasteiger partial charge in [0.25, 0.3) is 0 Å². The van der Waals surface area contributed by atoms with E-state index in [9.17, 15) is 14.9 Å². The molecule has 7 nitrogen and oxygen atoms in total. The van der Waals surface area contributed by atoms with Gasteiger partial charge >= 0.3 is 0 Å². The molecule has 2 unspecified atom stereocenters. The van der Waals surface area contributed by atoms with Gasteiger partial charge in [0.15, 0.2) is 0 Å². The van der Waals surface area contributed by atoms with Crippen LogP contribution >= 0.6 is 0 Å². The van der Waals surface area contributed by atoms with E-state index < -0.39 is 11.0 Å². The lowest BCUT2D eigenvalue weighted by atomic mass is 9.58. The summed E-state index contributed by atoms with van der Waals surface area (Å²) >= 11 is 0. The van der Waals surface area contributed by atoms with Crippen LogP contribution in [-0.2, 0) is 26.2 Å². The first-order valence-corrected chi connectivity index (χ1v) is 14.0. The zero-order chi connectivity index (χ0) is 26.4. The van der Waals surface area contributed by atoms with Crippen molar-refractivity contribution in [3.8, 4) is 6.07 Å². The Morgan fingerprint density at radius 2 is 2.00 bits per heavy atom. The smallest absolute Gasteiger partial charge is 0.221 e. The molecular formula is C31H36N4O3. The fraction of sp³-hybridized carbons (Fsp3) is 0.516. The van der Waals surface area contributed by atoms with Crippen molar-refractivity contribution in [1.29, 1.82) is 5.26 Å². The van der Waals surface area contributed by atoms with Crippen molar-refractivity contribution in [1.82, 2.24) is 16.0 Å². The second kappa shape index (κ2) is 9.43. The first kappa shape index (κ1) is 24.9. The van der Waals surface area contributed by atoms with Crippen molar-refractivity contribution < 1.29 is 14.3 Å². The Morgan fingerprint density at radius 1 is 1.21 bits per heavy atom. The summed E-state index contributed by atoms with van der Waals surface area (Å²) in [6, 6.07) is 10.5. The van der Waals surface area contributed by atoms with Crippen LogP contribution in [0.3, 0.4) is 0 Å². The summed E-state index contributed by atoms with van der Waals surface area (Å²) in [5.41, 5.74) is 1.85. The summed E-state index contributed by atoms with van der Waals surface area (Å²) in [6.07, 6.45) is 14.3. The first-order chi connectivity index (χ1) is 18.3. The van der Waals surface area contributed by atoms with Gasteiger partial charge in [-0.25, -0.2) is 0 Å². The minimum absolute atomic E-state index is 0.0353. The maximum atomic E-state index is 14.1. The van der Waals surface area contributed by atoms with E-state index in [1.807, 2.05) is 18.3 Å². The maximum Gasteiger partial charge on any atom is 0.221 e. The predicted molar refractivity (Wildman–Crippen MR) is 143 cm³/mol. The first-order valence-electron chi connectivity index (χ1n) is 14.0. The Labute approximate surface area is 224 Å². The number of nitriles is 1. The summed E-state index contributed by atoms with van der Waals surface area (Å²) in [4.78, 5) is 27.0. The van der Waals surface area contributed by atoms with E-state index in [1.165, 1.54) is 5.56 Å². The average molecular weight is 513 g/mol. The van der Waals surface area contributed by atoms with Crippen molar-refractivity contribution in [2.45, 2.75) is 87.4 Å². The van der Waals surface area contributed by atoms with Crippen LogP contribution in [0.4, 0.5) is 0 Å². The lowest BCUT2D eigenvalue weighted by molar-refractivity contribution is -0.136. The fourth-order valence-corrected chi connectivity index (χ4v) is 6.98. The van der Waals surface area contributed by atoms with E-state index in [1.54, 1.807) is 0 Å². The van der Waals surface area contributed by atoms with Crippen LogP contribution in [0.5, 0.6) is 0 Å². The number of carbonyl (C=O) groups is 2. The van der Waals surface area contributed by atoms with E-state index in [0.29, 0.717) is 32.1 Å². The van der Waals surface area contributed by atoms with Gasteiger partial charge in [-0.1, -0.05) is 36.4 Å². The minimum atomic E-state index is -0.737. The van der Waals surface area contributed by atoms with Crippen LogP contribution in [0.2, 0.25) is 0 Å². The minimum Gasteiger partial charge on any atom is -0.489 e. The quantitative estimate of drug-likeness (QED) is 0.554. The second-order valence-corrected chi connectivity index (χ2v) is 11.8. The number of nitrogens with zero attached hydrogens (tertiary/aromatic N) is 1. The van der Waals surface area contributed by atoms with Crippen molar-refractivity contribution in [3.63, 3.8) is 0 Å². The molecule has 198 valence electrons. The zero-order valence-electron chi connectivity index (χ0n) is 22.0. The number of ether oxygens (including phenoxy) is 1. The lowest BCUT2D eigenvalue weighted by Gasteiger charge is -2.45. The average Bonchev–Trinajstić information content (AvgIpc) is 2.90. The van der Waals surface area contributed by atoms with E-state index in [-0.39, 0.29) is 35.8 Å². The van der Waals surface area contributed by atoms with Crippen LogP contribution in [0.25, 0.3) is 0 Å². The highest BCUT2D eigenvalue weighted by Gasteiger charge is 2.50. The van der Waals surface area contributed by atoms with Gasteiger partial charge in [0, 0.05) is 25.1 Å². The fourth-order valence-electron chi connectivity index (χ4n) is 6.98. The van der Waals surface area contributed by atoms with E-state index in [4.69, 9.17) is 4.74 Å². The maximum absolute atomic E-state index is 14.1. The Balaban J connectivity index is 1.16. The summed E-state index contributed by atoms with van der Waals surface area (Å²) < 4.78 is 6.42. The molecule has 3 aliphatic carbocycles. The summed E-state index contributed by atoms with van der Waals surface area (Å²) in [7, 11) is 0. The van der Waals surface area contributed by atoms with Crippen LogP contribution in [0.15, 0.2) is 60.0 Å². The summed E-state index contributed by atoms with van der Waals surface area (Å²) in [6.45, 7) is 2.95. The highest BCUT2D eigenvalue weighted by Crippen LogP contribution is 2.48. The number of hydrogen-bond donors (Lipinski definition) is 3. The number of rotatable bonds is 5. The van der Waals surface area contributed by atoms with Crippen molar-refractivity contribution in [2.24, 2.45) is 5.92 Å². The molecule has 1 aromatic carbocycles. The van der Waals surface area contributed by atoms with Gasteiger partial charge in [0.2, 0.25) is 5.91 Å². The molecule has 38 heavy (non-hydrogen) atoms.